The largest absolute Gasteiger partial charge is 0.0884 e. The Balaban J connectivity index is 1.77. The molecule has 0 radical (unpaired) electrons. The fourth-order valence-corrected chi connectivity index (χ4v) is 9.58. The number of rotatable bonds is 0. The molecule has 16 heavy (non-hydrogen) atoms. The van der Waals surface area contributed by atoms with E-state index in [1.165, 1.54) is 26.8 Å². The van der Waals surface area contributed by atoms with Crippen molar-refractivity contribution in [1.82, 2.24) is 0 Å². The molecule has 3 aliphatic heterocycles. The van der Waals surface area contributed by atoms with Crippen molar-refractivity contribution in [2.45, 2.75) is 13.8 Å². The van der Waals surface area contributed by atoms with Crippen LogP contribution in [0.4, 0.5) is 0 Å². The maximum Gasteiger partial charge on any atom is 0.0717 e. The molecule has 0 aromatic rings. The Morgan fingerprint density at radius 3 is 1.75 bits per heavy atom. The minimum atomic E-state index is 1.44. The molecule has 0 saturated heterocycles. The highest BCUT2D eigenvalue weighted by Crippen LogP contribution is 2.69. The van der Waals surface area contributed by atoms with Crippen molar-refractivity contribution in [2.24, 2.45) is 0 Å². The van der Waals surface area contributed by atoms with Crippen molar-refractivity contribution >= 4 is 70.6 Å². The van der Waals surface area contributed by atoms with Crippen LogP contribution in [-0.2, 0) is 0 Å². The van der Waals surface area contributed by atoms with Crippen LogP contribution in [0, 0.1) is 0 Å². The molecule has 0 unspecified atom stereocenters. The van der Waals surface area contributed by atoms with Crippen molar-refractivity contribution in [3.63, 3.8) is 0 Å². The zero-order chi connectivity index (χ0) is 11.1. The molecule has 0 fully saturated rings. The summed E-state index contributed by atoms with van der Waals surface area (Å²) >= 11 is 11.5. The highest BCUT2D eigenvalue weighted by molar-refractivity contribution is 8.49. The van der Waals surface area contributed by atoms with Crippen molar-refractivity contribution < 1.29 is 0 Å². The fourth-order valence-electron chi connectivity index (χ4n) is 1.18. The maximum atomic E-state index is 2.19. The average molecular weight is 321 g/mol. The summed E-state index contributed by atoms with van der Waals surface area (Å²) in [5, 5.41) is 4.33. The van der Waals surface area contributed by atoms with Crippen molar-refractivity contribution in [3.05, 3.63) is 37.6 Å². The molecule has 0 saturated carbocycles. The first kappa shape index (κ1) is 12.1. The lowest BCUT2D eigenvalue weighted by Gasteiger charge is -2.05. The van der Waals surface area contributed by atoms with Crippen molar-refractivity contribution in [1.29, 1.82) is 0 Å². The average Bonchev–Trinajstić information content (AvgIpc) is 2.91. The monoisotopic (exact) mass is 320 g/mol. The van der Waals surface area contributed by atoms with E-state index in [1.54, 1.807) is 0 Å². The molecular formula is C10H8S6. The third kappa shape index (κ3) is 2.29. The van der Waals surface area contributed by atoms with E-state index < -0.39 is 0 Å². The molecule has 0 N–H and O–H groups in total. The van der Waals surface area contributed by atoms with Crippen LogP contribution in [0.5, 0.6) is 0 Å². The van der Waals surface area contributed by atoms with E-state index in [9.17, 15) is 0 Å². The van der Waals surface area contributed by atoms with Crippen LogP contribution in [-0.4, -0.2) is 0 Å². The molecule has 0 aliphatic carbocycles. The Morgan fingerprint density at radius 1 is 0.750 bits per heavy atom. The number of thioether (sulfide) groups is 6. The summed E-state index contributed by atoms with van der Waals surface area (Å²) in [6.45, 7) is 4.39. The van der Waals surface area contributed by atoms with Gasteiger partial charge in [0.25, 0.3) is 0 Å². The van der Waals surface area contributed by atoms with Gasteiger partial charge in [-0.1, -0.05) is 76.1 Å². The van der Waals surface area contributed by atoms with Crippen LogP contribution in [0.3, 0.4) is 0 Å². The van der Waals surface area contributed by atoms with Gasteiger partial charge in [-0.15, -0.1) is 0 Å². The Bertz CT molecular complexity index is 432. The lowest BCUT2D eigenvalue weighted by atomic mass is 10.4. The molecule has 84 valence electrons. The van der Waals surface area contributed by atoms with Gasteiger partial charge in [-0.25, -0.2) is 0 Å². The highest BCUT2D eigenvalue weighted by atomic mass is 32.3. The van der Waals surface area contributed by atoms with Crippen LogP contribution < -0.4 is 0 Å². The van der Waals surface area contributed by atoms with E-state index >= 15 is 0 Å². The summed E-state index contributed by atoms with van der Waals surface area (Å²) in [6.07, 6.45) is 0. The van der Waals surface area contributed by atoms with Crippen LogP contribution in [0.1, 0.15) is 13.8 Å². The predicted molar refractivity (Wildman–Crippen MR) is 87.1 cm³/mol. The zero-order valence-corrected chi connectivity index (χ0v) is 13.5. The van der Waals surface area contributed by atoms with Crippen molar-refractivity contribution in [3.8, 4) is 0 Å². The minimum Gasteiger partial charge on any atom is -0.0884 e. The van der Waals surface area contributed by atoms with Gasteiger partial charge in [0.05, 0.1) is 16.9 Å². The van der Waals surface area contributed by atoms with Gasteiger partial charge >= 0.3 is 0 Å². The SMILES string of the molecule is CC(C)=C1SC2=C(S1)SC(=C1SC=CS1)S2. The molecule has 6 heteroatoms. The van der Waals surface area contributed by atoms with Gasteiger partial charge in [-0.2, -0.15) is 0 Å². The molecule has 0 amide bonds. The summed E-state index contributed by atoms with van der Waals surface area (Å²) in [4.78, 5) is 0. The first-order valence-electron chi connectivity index (χ1n) is 4.60. The van der Waals surface area contributed by atoms with Gasteiger partial charge in [-0.3, -0.25) is 0 Å². The second kappa shape index (κ2) is 4.97. The van der Waals surface area contributed by atoms with Gasteiger partial charge in [0.15, 0.2) is 0 Å². The van der Waals surface area contributed by atoms with Crippen LogP contribution in [0.2, 0.25) is 0 Å². The highest BCUT2D eigenvalue weighted by Gasteiger charge is 2.32. The first-order chi connectivity index (χ1) is 7.74. The molecule has 3 rings (SSSR count). The fraction of sp³-hybridized carbons (Fsp3) is 0.200. The van der Waals surface area contributed by atoms with E-state index in [-0.39, 0.29) is 0 Å². The lowest BCUT2D eigenvalue weighted by Crippen LogP contribution is -1.71. The lowest BCUT2D eigenvalue weighted by molar-refractivity contribution is 1.41. The van der Waals surface area contributed by atoms with E-state index in [0.29, 0.717) is 0 Å². The molecule has 0 bridgehead atoms. The minimum absolute atomic E-state index is 1.44. The number of hydrogen-bond donors (Lipinski definition) is 0. The Labute approximate surface area is 121 Å². The molecule has 0 nitrogen and oxygen atoms in total. The molecule has 0 aromatic heterocycles. The maximum absolute atomic E-state index is 2.19. The zero-order valence-electron chi connectivity index (χ0n) is 8.60. The Kier molecular flexibility index (Phi) is 3.77. The number of hydrogen-bond acceptors (Lipinski definition) is 6. The smallest absolute Gasteiger partial charge is 0.0717 e. The second-order valence-corrected chi connectivity index (χ2v) is 10.6. The topological polar surface area (TPSA) is 0 Å². The van der Waals surface area contributed by atoms with Gasteiger partial charge in [0.1, 0.15) is 0 Å². The second-order valence-electron chi connectivity index (χ2n) is 3.35. The summed E-state index contributed by atoms with van der Waals surface area (Å²) < 4.78 is 7.37. The summed E-state index contributed by atoms with van der Waals surface area (Å²) in [5.41, 5.74) is 1.44. The summed E-state index contributed by atoms with van der Waals surface area (Å²) in [7, 11) is 0. The molecule has 3 heterocycles. The van der Waals surface area contributed by atoms with Gasteiger partial charge in [0.2, 0.25) is 0 Å². The summed E-state index contributed by atoms with van der Waals surface area (Å²) in [6, 6.07) is 0. The van der Waals surface area contributed by atoms with Crippen LogP contribution in [0.25, 0.3) is 0 Å². The van der Waals surface area contributed by atoms with Crippen LogP contribution >= 0.6 is 70.6 Å². The van der Waals surface area contributed by atoms with E-state index in [4.69, 9.17) is 0 Å². The van der Waals surface area contributed by atoms with Gasteiger partial charge in [0, 0.05) is 4.24 Å². The molecule has 0 spiro atoms. The van der Waals surface area contributed by atoms with Gasteiger partial charge < -0.3 is 0 Å². The predicted octanol–water partition coefficient (Wildman–Crippen LogP) is 6.40. The molecule has 3 aliphatic rings. The normalized spacial score (nSPS) is 23.8. The van der Waals surface area contributed by atoms with E-state index in [0.717, 1.165) is 0 Å². The Hall–Kier alpha value is 1.06. The van der Waals surface area contributed by atoms with Gasteiger partial charge in [-0.05, 0) is 24.7 Å². The van der Waals surface area contributed by atoms with E-state index in [2.05, 4.69) is 24.7 Å². The molecule has 0 atom stereocenters. The third-order valence-corrected chi connectivity index (χ3v) is 10.6. The molecular weight excluding hydrogens is 313 g/mol. The third-order valence-electron chi connectivity index (χ3n) is 1.89. The van der Waals surface area contributed by atoms with E-state index in [1.807, 2.05) is 70.6 Å². The molecule has 0 aromatic carbocycles. The standard InChI is InChI=1S/C10H8S6/c1-5(2)6-13-9-10(14-6)16-8(15-9)7-11-3-4-12-7/h3-4H,1-2H3. The van der Waals surface area contributed by atoms with Crippen LogP contribution in [0.15, 0.2) is 37.6 Å². The Morgan fingerprint density at radius 2 is 1.25 bits per heavy atom. The number of allylic oxidation sites excluding steroid dienone is 1. The summed E-state index contributed by atoms with van der Waals surface area (Å²) in [5.74, 6) is 0. The quantitative estimate of drug-likeness (QED) is 0.502. The first-order valence-corrected chi connectivity index (χ1v) is 9.62. The van der Waals surface area contributed by atoms with Crippen molar-refractivity contribution in [2.75, 3.05) is 0 Å².